The summed E-state index contributed by atoms with van der Waals surface area (Å²) in [5, 5.41) is 0. The molecule has 6 nitrogen and oxygen atoms in total. The van der Waals surface area contributed by atoms with Crippen LogP contribution in [0.15, 0.2) is 24.3 Å². The number of esters is 1. The van der Waals surface area contributed by atoms with Gasteiger partial charge >= 0.3 is 5.97 Å². The number of carbonyl (C=O) groups is 2. The summed E-state index contributed by atoms with van der Waals surface area (Å²) >= 11 is 0. The highest BCUT2D eigenvalue weighted by Crippen LogP contribution is 2.23. The van der Waals surface area contributed by atoms with Crippen LogP contribution in [0.1, 0.15) is 12.0 Å². The predicted octanol–water partition coefficient (Wildman–Crippen LogP) is 1.03. The highest BCUT2D eigenvalue weighted by atomic mass is 16.5. The van der Waals surface area contributed by atoms with E-state index >= 15 is 0 Å². The molecule has 1 aromatic carbocycles. The minimum atomic E-state index is -0.576. The number of methoxy groups -OCH3 is 3. The summed E-state index contributed by atoms with van der Waals surface area (Å²) in [5.41, 5.74) is 0.842. The zero-order valence-corrected chi connectivity index (χ0v) is 13.1. The van der Waals surface area contributed by atoms with Gasteiger partial charge in [-0.3, -0.25) is 4.79 Å². The van der Waals surface area contributed by atoms with Crippen LogP contribution in [0.4, 0.5) is 0 Å². The van der Waals surface area contributed by atoms with Crippen molar-refractivity contribution in [1.29, 1.82) is 0 Å². The number of hydrogen-bond donors (Lipinski definition) is 0. The number of rotatable bonds is 5. The van der Waals surface area contributed by atoms with Gasteiger partial charge < -0.3 is 19.1 Å². The fraction of sp³-hybridized carbons (Fsp3) is 0.500. The van der Waals surface area contributed by atoms with Crippen molar-refractivity contribution in [3.8, 4) is 5.75 Å². The first-order valence-electron chi connectivity index (χ1n) is 7.12. The Morgan fingerprint density at radius 1 is 1.27 bits per heavy atom. The van der Waals surface area contributed by atoms with Crippen molar-refractivity contribution >= 4 is 11.9 Å². The van der Waals surface area contributed by atoms with Crippen LogP contribution in [0.5, 0.6) is 5.75 Å². The van der Waals surface area contributed by atoms with E-state index in [1.54, 1.807) is 19.1 Å². The average Bonchev–Trinajstić information content (AvgIpc) is 2.98. The molecule has 0 aromatic heterocycles. The van der Waals surface area contributed by atoms with E-state index < -0.39 is 12.0 Å². The molecule has 2 atom stereocenters. The minimum absolute atomic E-state index is 0.122. The third-order valence-corrected chi connectivity index (χ3v) is 3.88. The zero-order valence-electron chi connectivity index (χ0n) is 13.1. The second-order valence-corrected chi connectivity index (χ2v) is 5.21. The summed E-state index contributed by atoms with van der Waals surface area (Å²) in [5.74, 6) is 0.174. The second kappa shape index (κ2) is 7.26. The van der Waals surface area contributed by atoms with Gasteiger partial charge in [-0.25, -0.2) is 4.79 Å². The van der Waals surface area contributed by atoms with Gasteiger partial charge in [-0.15, -0.1) is 0 Å². The Morgan fingerprint density at radius 3 is 2.68 bits per heavy atom. The SMILES string of the molecule is COC(=O)[C@H]1C[C@H](OC)CN1C(=O)Cc1cccc(OC)c1. The molecular weight excluding hydrogens is 286 g/mol. The maximum absolute atomic E-state index is 12.5. The average molecular weight is 307 g/mol. The maximum Gasteiger partial charge on any atom is 0.328 e. The molecule has 1 aliphatic heterocycles. The van der Waals surface area contributed by atoms with E-state index in [2.05, 4.69) is 0 Å². The molecule has 0 bridgehead atoms. The summed E-state index contributed by atoms with van der Waals surface area (Å²) in [6.07, 6.45) is 0.534. The molecule has 1 aromatic rings. The monoisotopic (exact) mass is 307 g/mol. The minimum Gasteiger partial charge on any atom is -0.497 e. The van der Waals surface area contributed by atoms with Crippen LogP contribution < -0.4 is 4.74 Å². The molecule has 1 heterocycles. The largest absolute Gasteiger partial charge is 0.497 e. The number of ether oxygens (including phenoxy) is 3. The number of amides is 1. The zero-order chi connectivity index (χ0) is 16.1. The Hall–Kier alpha value is -2.08. The van der Waals surface area contributed by atoms with Crippen molar-refractivity contribution < 1.29 is 23.8 Å². The van der Waals surface area contributed by atoms with Crippen molar-refractivity contribution in [1.82, 2.24) is 4.90 Å². The molecule has 0 aliphatic carbocycles. The first-order valence-corrected chi connectivity index (χ1v) is 7.12. The fourth-order valence-corrected chi connectivity index (χ4v) is 2.66. The molecule has 0 radical (unpaired) electrons. The number of likely N-dealkylation sites (tertiary alicyclic amines) is 1. The highest BCUT2D eigenvalue weighted by molar-refractivity contribution is 5.86. The topological polar surface area (TPSA) is 65.1 Å². The van der Waals surface area contributed by atoms with Gasteiger partial charge in [0.2, 0.25) is 5.91 Å². The molecule has 0 unspecified atom stereocenters. The lowest BCUT2D eigenvalue weighted by Crippen LogP contribution is -2.42. The smallest absolute Gasteiger partial charge is 0.328 e. The van der Waals surface area contributed by atoms with Crippen LogP contribution in [0, 0.1) is 0 Å². The van der Waals surface area contributed by atoms with Crippen molar-refractivity contribution in [2.45, 2.75) is 25.0 Å². The second-order valence-electron chi connectivity index (χ2n) is 5.21. The summed E-state index contributed by atoms with van der Waals surface area (Å²) in [6.45, 7) is 0.402. The van der Waals surface area contributed by atoms with E-state index in [0.717, 1.165) is 5.56 Å². The Kier molecular flexibility index (Phi) is 5.38. The van der Waals surface area contributed by atoms with Gasteiger partial charge in [-0.05, 0) is 17.7 Å². The normalized spacial score (nSPS) is 20.8. The molecule has 0 saturated carbocycles. The molecule has 120 valence electrons. The molecule has 0 N–H and O–H groups in total. The lowest BCUT2D eigenvalue weighted by Gasteiger charge is -2.22. The van der Waals surface area contributed by atoms with E-state index in [-0.39, 0.29) is 18.4 Å². The molecular formula is C16H21NO5. The summed E-state index contributed by atoms with van der Waals surface area (Å²) in [4.78, 5) is 25.9. The number of carbonyl (C=O) groups excluding carboxylic acids is 2. The van der Waals surface area contributed by atoms with Crippen LogP contribution in [-0.4, -0.2) is 56.8 Å². The Labute approximate surface area is 129 Å². The molecule has 1 amide bonds. The van der Waals surface area contributed by atoms with Crippen LogP contribution >= 0.6 is 0 Å². The van der Waals surface area contributed by atoms with E-state index in [9.17, 15) is 9.59 Å². The van der Waals surface area contributed by atoms with Gasteiger partial charge in [-0.2, -0.15) is 0 Å². The molecule has 6 heteroatoms. The molecule has 1 aliphatic rings. The van der Waals surface area contributed by atoms with E-state index in [4.69, 9.17) is 14.2 Å². The van der Waals surface area contributed by atoms with E-state index in [0.29, 0.717) is 18.7 Å². The fourth-order valence-electron chi connectivity index (χ4n) is 2.66. The van der Waals surface area contributed by atoms with Crippen LogP contribution in [-0.2, 0) is 25.5 Å². The van der Waals surface area contributed by atoms with Crippen LogP contribution in [0.3, 0.4) is 0 Å². The Bertz CT molecular complexity index is 545. The Balaban J connectivity index is 2.10. The molecule has 0 spiro atoms. The van der Waals surface area contributed by atoms with Crippen LogP contribution in [0.2, 0.25) is 0 Å². The summed E-state index contributed by atoms with van der Waals surface area (Å²) in [7, 11) is 4.49. The number of benzene rings is 1. The first-order chi connectivity index (χ1) is 10.6. The Morgan fingerprint density at radius 2 is 2.05 bits per heavy atom. The molecule has 22 heavy (non-hydrogen) atoms. The third kappa shape index (κ3) is 3.57. The van der Waals surface area contributed by atoms with Crippen molar-refractivity contribution in [3.63, 3.8) is 0 Å². The maximum atomic E-state index is 12.5. The van der Waals surface area contributed by atoms with Gasteiger partial charge in [0, 0.05) is 20.1 Å². The third-order valence-electron chi connectivity index (χ3n) is 3.88. The lowest BCUT2D eigenvalue weighted by molar-refractivity contribution is -0.150. The van der Waals surface area contributed by atoms with Crippen LogP contribution in [0.25, 0.3) is 0 Å². The van der Waals surface area contributed by atoms with Gasteiger partial charge in [0.25, 0.3) is 0 Å². The summed E-state index contributed by atoms with van der Waals surface area (Å²) in [6, 6.07) is 6.75. The van der Waals surface area contributed by atoms with Crippen molar-refractivity contribution in [2.75, 3.05) is 27.9 Å². The highest BCUT2D eigenvalue weighted by Gasteiger charge is 2.40. The number of nitrogens with zero attached hydrogens (tertiary/aromatic N) is 1. The predicted molar refractivity (Wildman–Crippen MR) is 79.6 cm³/mol. The van der Waals surface area contributed by atoms with Gasteiger partial charge in [0.15, 0.2) is 0 Å². The first kappa shape index (κ1) is 16.3. The lowest BCUT2D eigenvalue weighted by atomic mass is 10.1. The van der Waals surface area contributed by atoms with Gasteiger partial charge in [-0.1, -0.05) is 12.1 Å². The summed E-state index contributed by atoms with van der Waals surface area (Å²) < 4.78 is 15.2. The van der Waals surface area contributed by atoms with Gasteiger partial charge in [0.05, 0.1) is 26.7 Å². The molecule has 1 fully saturated rings. The molecule has 2 rings (SSSR count). The molecule has 1 saturated heterocycles. The quantitative estimate of drug-likeness (QED) is 0.760. The number of hydrogen-bond acceptors (Lipinski definition) is 5. The van der Waals surface area contributed by atoms with Crippen molar-refractivity contribution in [3.05, 3.63) is 29.8 Å². The van der Waals surface area contributed by atoms with Gasteiger partial charge in [0.1, 0.15) is 11.8 Å². The van der Waals surface area contributed by atoms with E-state index in [1.165, 1.54) is 7.11 Å². The van der Waals surface area contributed by atoms with E-state index in [1.807, 2.05) is 24.3 Å². The van der Waals surface area contributed by atoms with Crippen molar-refractivity contribution in [2.24, 2.45) is 0 Å². The standard InChI is InChI=1S/C16H21NO5/c1-20-12-6-4-5-11(7-12)8-15(18)17-10-13(21-2)9-14(17)16(19)22-3/h4-7,13-14H,8-10H2,1-3H3/t13-,14+/m0/s1.